The Hall–Kier alpha value is -0.650. The maximum absolute atomic E-state index is 11.9. The summed E-state index contributed by atoms with van der Waals surface area (Å²) in [7, 11) is 1.73. The van der Waals surface area contributed by atoms with E-state index >= 15 is 0 Å². The molecule has 3 N–H and O–H groups in total. The second kappa shape index (κ2) is 8.45. The summed E-state index contributed by atoms with van der Waals surface area (Å²) in [4.78, 5) is 14.3. The highest BCUT2D eigenvalue weighted by Crippen LogP contribution is 2.17. The van der Waals surface area contributed by atoms with Crippen LogP contribution in [-0.2, 0) is 9.53 Å². The zero-order valence-corrected chi connectivity index (χ0v) is 11.7. The first-order valence-electron chi connectivity index (χ1n) is 6.86. The SMILES string of the molecule is COCC(C)CN1CCCC(C(=O)NCCN)C1. The van der Waals surface area contributed by atoms with Gasteiger partial charge in [0.05, 0.1) is 5.92 Å². The van der Waals surface area contributed by atoms with Crippen LogP contribution in [0, 0.1) is 11.8 Å². The molecule has 1 fully saturated rings. The summed E-state index contributed by atoms with van der Waals surface area (Å²) in [5.74, 6) is 0.797. The number of amides is 1. The van der Waals surface area contributed by atoms with E-state index in [2.05, 4.69) is 17.1 Å². The highest BCUT2D eigenvalue weighted by molar-refractivity contribution is 5.78. The number of hydrogen-bond acceptors (Lipinski definition) is 4. The van der Waals surface area contributed by atoms with Gasteiger partial charge >= 0.3 is 0 Å². The van der Waals surface area contributed by atoms with Gasteiger partial charge in [0.15, 0.2) is 0 Å². The average Bonchev–Trinajstić information content (AvgIpc) is 2.36. The molecule has 5 nitrogen and oxygen atoms in total. The molecule has 0 radical (unpaired) electrons. The lowest BCUT2D eigenvalue weighted by molar-refractivity contribution is -0.126. The van der Waals surface area contributed by atoms with Crippen molar-refractivity contribution in [3.05, 3.63) is 0 Å². The molecule has 1 rings (SSSR count). The highest BCUT2D eigenvalue weighted by atomic mass is 16.5. The largest absolute Gasteiger partial charge is 0.384 e. The first kappa shape index (κ1) is 15.4. The first-order valence-corrected chi connectivity index (χ1v) is 6.86. The van der Waals surface area contributed by atoms with Gasteiger partial charge in [-0.1, -0.05) is 6.92 Å². The molecule has 0 aromatic rings. The zero-order chi connectivity index (χ0) is 13.4. The van der Waals surface area contributed by atoms with Crippen LogP contribution >= 0.6 is 0 Å². The van der Waals surface area contributed by atoms with E-state index in [1.807, 2.05) is 0 Å². The molecule has 18 heavy (non-hydrogen) atoms. The molecule has 0 saturated carbocycles. The maximum Gasteiger partial charge on any atom is 0.224 e. The zero-order valence-electron chi connectivity index (χ0n) is 11.7. The monoisotopic (exact) mass is 257 g/mol. The van der Waals surface area contributed by atoms with Gasteiger partial charge in [-0.3, -0.25) is 4.79 Å². The summed E-state index contributed by atoms with van der Waals surface area (Å²) in [6.45, 7) is 7.01. The molecule has 0 bridgehead atoms. The quantitative estimate of drug-likeness (QED) is 0.676. The lowest BCUT2D eigenvalue weighted by atomic mass is 9.96. The topological polar surface area (TPSA) is 67.6 Å². The Kier molecular flexibility index (Phi) is 7.23. The fourth-order valence-corrected chi connectivity index (χ4v) is 2.55. The smallest absolute Gasteiger partial charge is 0.224 e. The molecule has 0 aromatic heterocycles. The average molecular weight is 257 g/mol. The number of nitrogens with one attached hydrogen (secondary N) is 1. The Bertz CT molecular complexity index is 248. The van der Waals surface area contributed by atoms with Crippen molar-refractivity contribution in [3.63, 3.8) is 0 Å². The van der Waals surface area contributed by atoms with E-state index in [-0.39, 0.29) is 11.8 Å². The Morgan fingerprint density at radius 3 is 3.06 bits per heavy atom. The number of piperidine rings is 1. The highest BCUT2D eigenvalue weighted by Gasteiger charge is 2.26. The number of methoxy groups -OCH3 is 1. The van der Waals surface area contributed by atoms with E-state index in [0.717, 1.165) is 39.1 Å². The second-order valence-electron chi connectivity index (χ2n) is 5.24. The molecule has 1 heterocycles. The number of nitrogens with zero attached hydrogens (tertiary/aromatic N) is 1. The van der Waals surface area contributed by atoms with E-state index in [0.29, 0.717) is 19.0 Å². The normalized spacial score (nSPS) is 22.7. The third kappa shape index (κ3) is 5.33. The van der Waals surface area contributed by atoms with Crippen molar-refractivity contribution < 1.29 is 9.53 Å². The van der Waals surface area contributed by atoms with Crippen LogP contribution in [0.1, 0.15) is 19.8 Å². The van der Waals surface area contributed by atoms with Gasteiger partial charge in [0.25, 0.3) is 0 Å². The van der Waals surface area contributed by atoms with Crippen LogP contribution in [0.3, 0.4) is 0 Å². The molecule has 0 aliphatic carbocycles. The fourth-order valence-electron chi connectivity index (χ4n) is 2.55. The van der Waals surface area contributed by atoms with Crippen LogP contribution in [0.25, 0.3) is 0 Å². The van der Waals surface area contributed by atoms with Gasteiger partial charge in [0.1, 0.15) is 0 Å². The molecule has 1 saturated heterocycles. The molecule has 106 valence electrons. The van der Waals surface area contributed by atoms with E-state index < -0.39 is 0 Å². The van der Waals surface area contributed by atoms with E-state index in [1.165, 1.54) is 0 Å². The van der Waals surface area contributed by atoms with Gasteiger partial charge in [-0.2, -0.15) is 0 Å². The maximum atomic E-state index is 11.9. The summed E-state index contributed by atoms with van der Waals surface area (Å²) in [6.07, 6.45) is 2.09. The van der Waals surface area contributed by atoms with Gasteiger partial charge in [0.2, 0.25) is 5.91 Å². The number of rotatable bonds is 7. The van der Waals surface area contributed by atoms with Gasteiger partial charge in [-0.25, -0.2) is 0 Å². The molecule has 2 atom stereocenters. The Morgan fingerprint density at radius 2 is 2.39 bits per heavy atom. The number of nitrogens with two attached hydrogens (primary N) is 1. The molecule has 0 aromatic carbocycles. The number of hydrogen-bond donors (Lipinski definition) is 2. The van der Waals surface area contributed by atoms with Crippen molar-refractivity contribution in [1.82, 2.24) is 10.2 Å². The minimum absolute atomic E-state index is 0.125. The molecular weight excluding hydrogens is 230 g/mol. The van der Waals surface area contributed by atoms with Crippen LogP contribution in [0.5, 0.6) is 0 Å². The Morgan fingerprint density at radius 1 is 1.61 bits per heavy atom. The van der Waals surface area contributed by atoms with Crippen LogP contribution in [-0.4, -0.2) is 57.2 Å². The van der Waals surface area contributed by atoms with Crippen molar-refractivity contribution in [2.75, 3.05) is 46.4 Å². The molecule has 5 heteroatoms. The van der Waals surface area contributed by atoms with Crippen LogP contribution in [0.2, 0.25) is 0 Å². The van der Waals surface area contributed by atoms with Crippen LogP contribution < -0.4 is 11.1 Å². The van der Waals surface area contributed by atoms with Gasteiger partial charge in [-0.15, -0.1) is 0 Å². The predicted octanol–water partition coefficient (Wildman–Crippen LogP) is 0.0558. The third-order valence-corrected chi connectivity index (χ3v) is 3.34. The predicted molar refractivity (Wildman–Crippen MR) is 72.3 cm³/mol. The van der Waals surface area contributed by atoms with Gasteiger partial charge in [0, 0.05) is 39.9 Å². The van der Waals surface area contributed by atoms with Crippen molar-refractivity contribution in [2.24, 2.45) is 17.6 Å². The molecule has 1 amide bonds. The van der Waals surface area contributed by atoms with E-state index in [9.17, 15) is 4.79 Å². The number of ether oxygens (including phenoxy) is 1. The van der Waals surface area contributed by atoms with Crippen molar-refractivity contribution >= 4 is 5.91 Å². The van der Waals surface area contributed by atoms with Crippen molar-refractivity contribution in [3.8, 4) is 0 Å². The lowest BCUT2D eigenvalue weighted by Crippen LogP contribution is -2.45. The summed E-state index contributed by atoms with van der Waals surface area (Å²) < 4.78 is 5.15. The first-order chi connectivity index (χ1) is 8.67. The van der Waals surface area contributed by atoms with Gasteiger partial charge < -0.3 is 20.7 Å². The summed E-state index contributed by atoms with van der Waals surface area (Å²) >= 11 is 0. The number of carbonyl (C=O) groups excluding carboxylic acids is 1. The number of carbonyl (C=O) groups is 1. The summed E-state index contributed by atoms with van der Waals surface area (Å²) in [5, 5.41) is 2.89. The minimum atomic E-state index is 0.125. The molecule has 1 aliphatic heterocycles. The minimum Gasteiger partial charge on any atom is -0.384 e. The van der Waals surface area contributed by atoms with Gasteiger partial charge in [-0.05, 0) is 25.3 Å². The van der Waals surface area contributed by atoms with Crippen molar-refractivity contribution in [1.29, 1.82) is 0 Å². The molecule has 0 spiro atoms. The van der Waals surface area contributed by atoms with E-state index in [1.54, 1.807) is 7.11 Å². The lowest BCUT2D eigenvalue weighted by Gasteiger charge is -2.33. The molecule has 1 aliphatic rings. The van der Waals surface area contributed by atoms with E-state index in [4.69, 9.17) is 10.5 Å². The summed E-state index contributed by atoms with van der Waals surface area (Å²) in [6, 6.07) is 0. The Balaban J connectivity index is 2.33. The fraction of sp³-hybridized carbons (Fsp3) is 0.923. The van der Waals surface area contributed by atoms with Crippen molar-refractivity contribution in [2.45, 2.75) is 19.8 Å². The van der Waals surface area contributed by atoms with Crippen LogP contribution in [0.4, 0.5) is 0 Å². The molecular formula is C13H27N3O2. The third-order valence-electron chi connectivity index (χ3n) is 3.34. The standard InChI is InChI=1S/C13H27N3O2/c1-11(10-18-2)8-16-7-3-4-12(9-16)13(17)15-6-5-14/h11-12H,3-10,14H2,1-2H3,(H,15,17). The Labute approximate surface area is 110 Å². The number of likely N-dealkylation sites (tertiary alicyclic amines) is 1. The molecule has 2 unspecified atom stereocenters. The van der Waals surface area contributed by atoms with Crippen LogP contribution in [0.15, 0.2) is 0 Å². The second-order valence-corrected chi connectivity index (χ2v) is 5.24. The summed E-state index contributed by atoms with van der Waals surface area (Å²) in [5.41, 5.74) is 5.39.